The van der Waals surface area contributed by atoms with Crippen LogP contribution in [0.4, 0.5) is 11.6 Å². The Kier molecular flexibility index (Phi) is 7.04. The lowest BCUT2D eigenvalue weighted by molar-refractivity contribution is -0.115. The Hall–Kier alpha value is -3.25. The van der Waals surface area contributed by atoms with E-state index in [0.717, 1.165) is 24.8 Å². The molecule has 1 amide bonds. The fourth-order valence-electron chi connectivity index (χ4n) is 4.25. The molecule has 0 bridgehead atoms. The molecule has 172 valence electrons. The molecule has 3 atom stereocenters. The Morgan fingerprint density at radius 3 is 2.76 bits per heavy atom. The van der Waals surface area contributed by atoms with Crippen LogP contribution in [0.5, 0.6) is 0 Å². The SMILES string of the molecule is CC1CC(C)CN(c2nnc(SC(C)C(=O)Nc3cccc(C#N)c3)n2Cc2ccco2)C1. The van der Waals surface area contributed by atoms with Crippen molar-refractivity contribution in [3.05, 3.63) is 54.0 Å². The minimum absolute atomic E-state index is 0.163. The van der Waals surface area contributed by atoms with Gasteiger partial charge in [-0.25, -0.2) is 0 Å². The average Bonchev–Trinajstić information content (AvgIpc) is 3.44. The van der Waals surface area contributed by atoms with Gasteiger partial charge in [0.2, 0.25) is 11.9 Å². The summed E-state index contributed by atoms with van der Waals surface area (Å²) in [7, 11) is 0. The van der Waals surface area contributed by atoms with Crippen molar-refractivity contribution in [1.82, 2.24) is 14.8 Å². The van der Waals surface area contributed by atoms with Crippen LogP contribution in [0.2, 0.25) is 0 Å². The van der Waals surface area contributed by atoms with E-state index in [2.05, 4.69) is 40.3 Å². The van der Waals surface area contributed by atoms with Gasteiger partial charge in [-0.1, -0.05) is 31.7 Å². The number of anilines is 2. The molecule has 0 aliphatic carbocycles. The number of hydrogen-bond donors (Lipinski definition) is 1. The minimum Gasteiger partial charge on any atom is -0.467 e. The molecule has 3 heterocycles. The summed E-state index contributed by atoms with van der Waals surface area (Å²) in [5, 5.41) is 21.2. The lowest BCUT2D eigenvalue weighted by Crippen LogP contribution is -2.40. The lowest BCUT2D eigenvalue weighted by atomic mass is 9.92. The molecule has 8 nitrogen and oxygen atoms in total. The maximum atomic E-state index is 12.8. The Morgan fingerprint density at radius 2 is 2.06 bits per heavy atom. The monoisotopic (exact) mass is 464 g/mol. The summed E-state index contributed by atoms with van der Waals surface area (Å²) in [5.41, 5.74) is 1.10. The van der Waals surface area contributed by atoms with Crippen LogP contribution in [-0.2, 0) is 11.3 Å². The molecule has 1 aliphatic heterocycles. The third kappa shape index (κ3) is 5.57. The highest BCUT2D eigenvalue weighted by molar-refractivity contribution is 8.00. The van der Waals surface area contributed by atoms with Crippen LogP contribution >= 0.6 is 11.8 Å². The molecular formula is C24H28N6O2S. The molecule has 1 N–H and O–H groups in total. The van der Waals surface area contributed by atoms with Crippen molar-refractivity contribution in [2.45, 2.75) is 44.1 Å². The topological polar surface area (TPSA) is 100.0 Å². The van der Waals surface area contributed by atoms with E-state index in [9.17, 15) is 4.79 Å². The van der Waals surface area contributed by atoms with Gasteiger partial charge in [0.15, 0.2) is 5.16 Å². The van der Waals surface area contributed by atoms with Crippen LogP contribution < -0.4 is 10.2 Å². The van der Waals surface area contributed by atoms with Gasteiger partial charge in [-0.3, -0.25) is 9.36 Å². The summed E-state index contributed by atoms with van der Waals surface area (Å²) in [6.45, 7) is 8.71. The molecule has 0 radical (unpaired) electrons. The maximum Gasteiger partial charge on any atom is 0.237 e. The number of piperidine rings is 1. The van der Waals surface area contributed by atoms with E-state index in [1.54, 1.807) is 30.5 Å². The summed E-state index contributed by atoms with van der Waals surface area (Å²) in [5.74, 6) is 2.60. The van der Waals surface area contributed by atoms with E-state index in [1.165, 1.54) is 18.2 Å². The number of nitrogens with one attached hydrogen (secondary N) is 1. The molecule has 33 heavy (non-hydrogen) atoms. The molecular weight excluding hydrogens is 436 g/mol. The fourth-order valence-corrected chi connectivity index (χ4v) is 5.09. The van der Waals surface area contributed by atoms with Crippen molar-refractivity contribution in [3.63, 3.8) is 0 Å². The number of nitrogens with zero attached hydrogens (tertiary/aromatic N) is 5. The van der Waals surface area contributed by atoms with Crippen LogP contribution in [0.15, 0.2) is 52.2 Å². The maximum absolute atomic E-state index is 12.8. The smallest absolute Gasteiger partial charge is 0.237 e. The summed E-state index contributed by atoms with van der Waals surface area (Å²) in [4.78, 5) is 15.1. The van der Waals surface area contributed by atoms with Gasteiger partial charge in [-0.2, -0.15) is 5.26 Å². The molecule has 3 unspecified atom stereocenters. The van der Waals surface area contributed by atoms with Gasteiger partial charge in [0.1, 0.15) is 5.76 Å². The number of rotatable bonds is 7. The third-order valence-electron chi connectivity index (χ3n) is 5.65. The molecule has 9 heteroatoms. The number of carbonyl (C=O) groups is 1. The number of aromatic nitrogens is 3. The summed E-state index contributed by atoms with van der Waals surface area (Å²) in [6.07, 6.45) is 2.86. The number of carbonyl (C=O) groups excluding carboxylic acids is 1. The average molecular weight is 465 g/mol. The number of thioether (sulfide) groups is 1. The van der Waals surface area contributed by atoms with Crippen molar-refractivity contribution in [2.24, 2.45) is 11.8 Å². The molecule has 2 aromatic heterocycles. The van der Waals surface area contributed by atoms with Crippen LogP contribution in [0, 0.1) is 23.2 Å². The highest BCUT2D eigenvalue weighted by atomic mass is 32.2. The van der Waals surface area contributed by atoms with Gasteiger partial charge in [0.05, 0.1) is 29.7 Å². The molecule has 1 saturated heterocycles. The largest absolute Gasteiger partial charge is 0.467 e. The highest BCUT2D eigenvalue weighted by Gasteiger charge is 2.28. The van der Waals surface area contributed by atoms with Crippen molar-refractivity contribution in [3.8, 4) is 6.07 Å². The van der Waals surface area contributed by atoms with Crippen molar-refractivity contribution >= 4 is 29.3 Å². The zero-order chi connectivity index (χ0) is 23.4. The number of furan rings is 1. The second-order valence-electron chi connectivity index (χ2n) is 8.74. The van der Waals surface area contributed by atoms with Gasteiger partial charge in [0.25, 0.3) is 0 Å². The van der Waals surface area contributed by atoms with Crippen molar-refractivity contribution in [1.29, 1.82) is 5.26 Å². The summed E-state index contributed by atoms with van der Waals surface area (Å²) < 4.78 is 7.63. The normalized spacial score (nSPS) is 19.2. The van der Waals surface area contributed by atoms with Crippen LogP contribution in [-0.4, -0.2) is 39.0 Å². The first-order valence-corrected chi connectivity index (χ1v) is 12.0. The Bertz CT molecular complexity index is 1130. The number of amides is 1. The molecule has 0 spiro atoms. The van der Waals surface area contributed by atoms with Gasteiger partial charge >= 0.3 is 0 Å². The highest BCUT2D eigenvalue weighted by Crippen LogP contribution is 2.31. The first kappa shape index (κ1) is 22.9. The molecule has 1 aliphatic rings. The molecule has 4 rings (SSSR count). The Labute approximate surface area is 198 Å². The second-order valence-corrected chi connectivity index (χ2v) is 10.0. The molecule has 3 aromatic rings. The van der Waals surface area contributed by atoms with E-state index in [4.69, 9.17) is 9.68 Å². The summed E-state index contributed by atoms with van der Waals surface area (Å²) in [6, 6.07) is 12.8. The van der Waals surface area contributed by atoms with Gasteiger partial charge in [0, 0.05) is 18.8 Å². The lowest BCUT2D eigenvalue weighted by Gasteiger charge is -2.35. The van der Waals surface area contributed by atoms with Crippen molar-refractivity contribution in [2.75, 3.05) is 23.3 Å². The van der Waals surface area contributed by atoms with E-state index >= 15 is 0 Å². The molecule has 0 saturated carbocycles. The zero-order valence-electron chi connectivity index (χ0n) is 19.1. The predicted molar refractivity (Wildman–Crippen MR) is 128 cm³/mol. The van der Waals surface area contributed by atoms with Crippen LogP contribution in [0.1, 0.15) is 38.5 Å². The first-order valence-electron chi connectivity index (χ1n) is 11.1. The fraction of sp³-hybridized carbons (Fsp3) is 0.417. The van der Waals surface area contributed by atoms with Crippen LogP contribution in [0.25, 0.3) is 0 Å². The molecule has 1 aromatic carbocycles. The number of nitriles is 1. The molecule has 1 fully saturated rings. The predicted octanol–water partition coefficient (Wildman–Crippen LogP) is 4.39. The quantitative estimate of drug-likeness (QED) is 0.518. The Balaban J connectivity index is 1.54. The van der Waals surface area contributed by atoms with Gasteiger partial charge in [-0.05, 0) is 55.5 Å². The summed E-state index contributed by atoms with van der Waals surface area (Å²) >= 11 is 1.36. The van der Waals surface area contributed by atoms with E-state index < -0.39 is 5.25 Å². The van der Waals surface area contributed by atoms with E-state index in [-0.39, 0.29) is 5.91 Å². The van der Waals surface area contributed by atoms with Crippen LogP contribution in [0.3, 0.4) is 0 Å². The Morgan fingerprint density at radius 1 is 1.27 bits per heavy atom. The first-order chi connectivity index (χ1) is 15.9. The zero-order valence-corrected chi connectivity index (χ0v) is 19.9. The third-order valence-corrected chi connectivity index (χ3v) is 6.73. The standard InChI is InChI=1S/C24H28N6O2S/c1-16-10-17(2)14-29(13-16)23-27-28-24(30(23)15-21-8-5-9-32-21)33-18(3)22(31)26-20-7-4-6-19(11-20)12-25/h4-9,11,16-18H,10,13-15H2,1-3H3,(H,26,31). The van der Waals surface area contributed by atoms with Crippen molar-refractivity contribution < 1.29 is 9.21 Å². The van der Waals surface area contributed by atoms with Gasteiger partial charge in [-0.15, -0.1) is 10.2 Å². The number of benzene rings is 1. The second kappa shape index (κ2) is 10.1. The number of hydrogen-bond acceptors (Lipinski definition) is 7. The van der Waals surface area contributed by atoms with E-state index in [0.29, 0.717) is 34.8 Å². The van der Waals surface area contributed by atoms with E-state index in [1.807, 2.05) is 23.6 Å². The minimum atomic E-state index is -0.414. The van der Waals surface area contributed by atoms with Gasteiger partial charge < -0.3 is 14.6 Å².